The van der Waals surface area contributed by atoms with Crippen LogP contribution in [0, 0.1) is 13.8 Å². The molecule has 0 bridgehead atoms. The first kappa shape index (κ1) is 16.6. The van der Waals surface area contributed by atoms with Gasteiger partial charge in [-0.25, -0.2) is 0 Å². The second-order valence-corrected chi connectivity index (χ2v) is 6.35. The fraction of sp³-hybridized carbons (Fsp3) is 0.316. The quantitative estimate of drug-likeness (QED) is 0.527. The van der Waals surface area contributed by atoms with E-state index in [1.165, 1.54) is 0 Å². The summed E-state index contributed by atoms with van der Waals surface area (Å²) >= 11 is 1.56. The number of ether oxygens (including phenoxy) is 1. The minimum absolute atomic E-state index is 0.114. The third kappa shape index (κ3) is 4.38. The highest BCUT2D eigenvalue weighted by atomic mass is 32.2. The van der Waals surface area contributed by atoms with Crippen LogP contribution in [-0.4, -0.2) is 18.1 Å². The lowest BCUT2D eigenvalue weighted by molar-refractivity contribution is 0.101. The van der Waals surface area contributed by atoms with Gasteiger partial charge in [0.15, 0.2) is 5.78 Å². The highest BCUT2D eigenvalue weighted by Gasteiger charge is 2.15. The van der Waals surface area contributed by atoms with Gasteiger partial charge >= 0.3 is 0 Å². The van der Waals surface area contributed by atoms with Crippen molar-refractivity contribution in [1.82, 2.24) is 0 Å². The van der Waals surface area contributed by atoms with Crippen LogP contribution >= 0.6 is 11.8 Å². The molecule has 0 aliphatic carbocycles. The molecule has 0 heterocycles. The van der Waals surface area contributed by atoms with Gasteiger partial charge in [0.25, 0.3) is 0 Å². The fourth-order valence-electron chi connectivity index (χ4n) is 2.08. The summed E-state index contributed by atoms with van der Waals surface area (Å²) in [7, 11) is 0. The molecule has 2 nitrogen and oxygen atoms in total. The number of benzene rings is 2. The van der Waals surface area contributed by atoms with Crippen molar-refractivity contribution in [1.29, 1.82) is 0 Å². The molecule has 3 heteroatoms. The van der Waals surface area contributed by atoms with Crippen molar-refractivity contribution >= 4 is 17.5 Å². The summed E-state index contributed by atoms with van der Waals surface area (Å²) in [5, 5.41) is 0. The summed E-state index contributed by atoms with van der Waals surface area (Å²) in [6, 6.07) is 13.9. The number of carbonyl (C=O) groups is 1. The van der Waals surface area contributed by atoms with Crippen LogP contribution in [0.3, 0.4) is 0 Å². The molecule has 116 valence electrons. The van der Waals surface area contributed by atoms with E-state index in [0.717, 1.165) is 22.4 Å². The Balaban J connectivity index is 2.15. The SMILES string of the molecule is CCCOc1cc(C)c(C)cc1C(=O)CSc1ccccc1. The van der Waals surface area contributed by atoms with E-state index in [1.807, 2.05) is 56.3 Å². The maximum absolute atomic E-state index is 12.6. The Bertz CT molecular complexity index is 635. The van der Waals surface area contributed by atoms with Crippen molar-refractivity contribution in [2.24, 2.45) is 0 Å². The molecule has 0 radical (unpaired) electrons. The zero-order chi connectivity index (χ0) is 15.9. The van der Waals surface area contributed by atoms with Gasteiger partial charge < -0.3 is 4.74 Å². The number of carbonyl (C=O) groups excluding carboxylic acids is 1. The number of Topliss-reactive ketones (excluding diaryl/α,β-unsaturated/α-hetero) is 1. The van der Waals surface area contributed by atoms with Gasteiger partial charge in [0, 0.05) is 4.90 Å². The summed E-state index contributed by atoms with van der Waals surface area (Å²) < 4.78 is 5.77. The van der Waals surface area contributed by atoms with Gasteiger partial charge in [-0.05, 0) is 55.7 Å². The predicted octanol–water partition coefficient (Wildman–Crippen LogP) is 5.07. The Labute approximate surface area is 136 Å². The van der Waals surface area contributed by atoms with Gasteiger partial charge in [-0.3, -0.25) is 4.79 Å². The molecular weight excluding hydrogens is 292 g/mol. The van der Waals surface area contributed by atoms with Crippen molar-refractivity contribution in [3.8, 4) is 5.75 Å². The van der Waals surface area contributed by atoms with Crippen molar-refractivity contribution in [3.05, 3.63) is 59.2 Å². The predicted molar refractivity (Wildman–Crippen MR) is 93.2 cm³/mol. The normalized spacial score (nSPS) is 10.5. The molecule has 0 atom stereocenters. The molecule has 22 heavy (non-hydrogen) atoms. The monoisotopic (exact) mass is 314 g/mol. The molecular formula is C19H22O2S. The number of rotatable bonds is 7. The van der Waals surface area contributed by atoms with E-state index in [0.29, 0.717) is 23.7 Å². The molecule has 0 spiro atoms. The van der Waals surface area contributed by atoms with E-state index >= 15 is 0 Å². The number of aryl methyl sites for hydroxylation is 2. The lowest BCUT2D eigenvalue weighted by Gasteiger charge is -2.13. The number of hydrogen-bond donors (Lipinski definition) is 0. The van der Waals surface area contributed by atoms with Gasteiger partial charge in [-0.2, -0.15) is 0 Å². The van der Waals surface area contributed by atoms with Gasteiger partial charge in [0.2, 0.25) is 0 Å². The lowest BCUT2D eigenvalue weighted by atomic mass is 10.0. The molecule has 2 aromatic rings. The van der Waals surface area contributed by atoms with Crippen LogP contribution in [0.25, 0.3) is 0 Å². The molecule has 0 saturated heterocycles. The van der Waals surface area contributed by atoms with Crippen LogP contribution in [0.5, 0.6) is 5.75 Å². The van der Waals surface area contributed by atoms with Crippen LogP contribution in [0.4, 0.5) is 0 Å². The average molecular weight is 314 g/mol. The molecule has 2 aromatic carbocycles. The highest BCUT2D eigenvalue weighted by molar-refractivity contribution is 8.00. The molecule has 0 amide bonds. The summed E-state index contributed by atoms with van der Waals surface area (Å²) in [6.07, 6.45) is 0.930. The minimum Gasteiger partial charge on any atom is -0.493 e. The zero-order valence-electron chi connectivity index (χ0n) is 13.4. The first-order valence-electron chi connectivity index (χ1n) is 7.57. The van der Waals surface area contributed by atoms with E-state index in [4.69, 9.17) is 4.74 Å². The Morgan fingerprint density at radius 2 is 1.77 bits per heavy atom. The van der Waals surface area contributed by atoms with Gasteiger partial charge in [-0.15, -0.1) is 11.8 Å². The van der Waals surface area contributed by atoms with Crippen LogP contribution in [0.2, 0.25) is 0 Å². The van der Waals surface area contributed by atoms with E-state index in [1.54, 1.807) is 11.8 Å². The molecule has 0 aliphatic heterocycles. The average Bonchev–Trinajstić information content (AvgIpc) is 2.54. The Hall–Kier alpha value is -1.74. The van der Waals surface area contributed by atoms with Gasteiger partial charge in [0.05, 0.1) is 17.9 Å². The molecule has 0 saturated carbocycles. The van der Waals surface area contributed by atoms with Crippen molar-refractivity contribution in [2.75, 3.05) is 12.4 Å². The van der Waals surface area contributed by atoms with Gasteiger partial charge in [-0.1, -0.05) is 25.1 Å². The van der Waals surface area contributed by atoms with E-state index < -0.39 is 0 Å². The molecule has 0 aliphatic rings. The number of thioether (sulfide) groups is 1. The maximum atomic E-state index is 12.6. The lowest BCUT2D eigenvalue weighted by Crippen LogP contribution is -2.08. The second kappa shape index (κ2) is 8.04. The highest BCUT2D eigenvalue weighted by Crippen LogP contribution is 2.26. The minimum atomic E-state index is 0.114. The van der Waals surface area contributed by atoms with Gasteiger partial charge in [0.1, 0.15) is 5.75 Å². The Morgan fingerprint density at radius 3 is 2.45 bits per heavy atom. The topological polar surface area (TPSA) is 26.3 Å². The zero-order valence-corrected chi connectivity index (χ0v) is 14.2. The van der Waals surface area contributed by atoms with E-state index in [-0.39, 0.29) is 5.78 Å². The molecule has 2 rings (SSSR count). The summed E-state index contributed by atoms with van der Waals surface area (Å²) in [5.74, 6) is 1.25. The first-order chi connectivity index (χ1) is 10.6. The van der Waals surface area contributed by atoms with Crippen LogP contribution in [0.1, 0.15) is 34.8 Å². The smallest absolute Gasteiger partial charge is 0.176 e. The van der Waals surface area contributed by atoms with Crippen molar-refractivity contribution < 1.29 is 9.53 Å². The van der Waals surface area contributed by atoms with Crippen molar-refractivity contribution in [3.63, 3.8) is 0 Å². The largest absolute Gasteiger partial charge is 0.493 e. The summed E-state index contributed by atoms with van der Waals surface area (Å²) in [5.41, 5.74) is 2.97. The first-order valence-corrected chi connectivity index (χ1v) is 8.55. The van der Waals surface area contributed by atoms with E-state index in [9.17, 15) is 4.79 Å². The van der Waals surface area contributed by atoms with E-state index in [2.05, 4.69) is 6.92 Å². The Kier molecular flexibility index (Phi) is 6.08. The van der Waals surface area contributed by atoms with Crippen LogP contribution < -0.4 is 4.74 Å². The van der Waals surface area contributed by atoms with Crippen LogP contribution in [-0.2, 0) is 0 Å². The van der Waals surface area contributed by atoms with Crippen molar-refractivity contribution in [2.45, 2.75) is 32.1 Å². The third-order valence-corrected chi connectivity index (χ3v) is 4.48. The maximum Gasteiger partial charge on any atom is 0.176 e. The van der Waals surface area contributed by atoms with Crippen LogP contribution in [0.15, 0.2) is 47.4 Å². The number of ketones is 1. The summed E-state index contributed by atoms with van der Waals surface area (Å²) in [6.45, 7) is 6.77. The summed E-state index contributed by atoms with van der Waals surface area (Å²) in [4.78, 5) is 13.7. The second-order valence-electron chi connectivity index (χ2n) is 5.31. The Morgan fingerprint density at radius 1 is 1.09 bits per heavy atom. The number of hydrogen-bond acceptors (Lipinski definition) is 3. The third-order valence-electron chi connectivity index (χ3n) is 3.47. The molecule has 0 aromatic heterocycles. The molecule has 0 unspecified atom stereocenters. The molecule has 0 fully saturated rings. The molecule has 0 N–H and O–H groups in total. The fourth-order valence-corrected chi connectivity index (χ4v) is 2.89. The standard InChI is InChI=1S/C19H22O2S/c1-4-10-21-19-12-15(3)14(2)11-17(19)18(20)13-22-16-8-6-5-7-9-16/h5-9,11-12H,4,10,13H2,1-3H3.